The molecule has 0 aliphatic carbocycles. The molecule has 0 bridgehead atoms. The smallest absolute Gasteiger partial charge is 0.234 e. The topological polar surface area (TPSA) is 8.81 Å². The predicted octanol–water partition coefficient (Wildman–Crippen LogP) is 14.3. The van der Waals surface area contributed by atoms with Gasteiger partial charge < -0.3 is 0 Å². The van der Waals surface area contributed by atoms with Crippen LogP contribution in [0, 0.1) is 0 Å². The molecule has 2 nitrogen and oxygen atoms in total. The van der Waals surface area contributed by atoms with Crippen LogP contribution in [-0.4, -0.2) is 4.57 Å². The predicted molar refractivity (Wildman–Crippen MR) is 198 cm³/mol. The van der Waals surface area contributed by atoms with E-state index in [9.17, 15) is 0 Å². The molecule has 1 aromatic rings. The highest BCUT2D eigenvalue weighted by atomic mass is 15.1. The molecular weight excluding hydrogens is 532 g/mol. The van der Waals surface area contributed by atoms with Crippen molar-refractivity contribution in [1.82, 2.24) is 4.57 Å². The molecule has 0 radical (unpaired) electrons. The van der Waals surface area contributed by atoms with Gasteiger partial charge in [-0.1, -0.05) is 207 Å². The summed E-state index contributed by atoms with van der Waals surface area (Å²) in [7, 11) is 0. The molecule has 0 atom stereocenters. The van der Waals surface area contributed by atoms with Crippen LogP contribution >= 0.6 is 0 Å². The number of imidazole rings is 1. The number of hydrogen-bond donors (Lipinski definition) is 0. The van der Waals surface area contributed by atoms with Crippen molar-refractivity contribution in [2.24, 2.45) is 0 Å². The first-order chi connectivity index (χ1) is 21.8. The molecule has 0 saturated carbocycles. The lowest BCUT2D eigenvalue weighted by atomic mass is 10.0. The fourth-order valence-electron chi connectivity index (χ4n) is 7.15. The van der Waals surface area contributed by atoms with Crippen molar-refractivity contribution in [3.05, 3.63) is 18.2 Å². The number of nitrogens with zero attached hydrogens (tertiary/aromatic N) is 2. The lowest BCUT2D eigenvalue weighted by molar-refractivity contribution is -0.704. The van der Waals surface area contributed by atoms with E-state index in [4.69, 9.17) is 0 Å². The third-order valence-corrected chi connectivity index (χ3v) is 10.2. The van der Waals surface area contributed by atoms with Crippen LogP contribution in [0.3, 0.4) is 0 Å². The molecule has 0 N–H and O–H groups in total. The van der Waals surface area contributed by atoms with Gasteiger partial charge in [-0.25, -0.2) is 9.13 Å². The zero-order valence-electron chi connectivity index (χ0n) is 31.0. The van der Waals surface area contributed by atoms with Gasteiger partial charge in [-0.05, 0) is 25.7 Å². The molecule has 1 heterocycles. The lowest BCUT2D eigenvalue weighted by Gasteiger charge is -2.05. The van der Waals surface area contributed by atoms with Crippen LogP contribution in [0.1, 0.15) is 238 Å². The Balaban J connectivity index is 1.90. The van der Waals surface area contributed by atoms with Crippen LogP contribution in [0.2, 0.25) is 0 Å². The molecular formula is C42H83N2+. The summed E-state index contributed by atoms with van der Waals surface area (Å²) < 4.78 is 5.11. The Hall–Kier alpha value is -0.790. The highest BCUT2D eigenvalue weighted by Crippen LogP contribution is 2.16. The Morgan fingerprint density at radius 2 is 0.682 bits per heavy atom. The molecule has 0 aromatic carbocycles. The van der Waals surface area contributed by atoms with Crippen molar-refractivity contribution in [2.75, 3.05) is 0 Å². The standard InChI is InChI=1S/C42H83N2/c1-4-7-9-11-13-15-17-19-21-23-25-27-29-31-33-35-37-39-44-41-40-43(42(44)6-3)38-36-34-32-30-28-26-24-22-20-18-16-14-12-10-8-5-2/h40-41H,4-39H2,1-3H3/q+1. The average molecular weight is 616 g/mol. The maximum atomic E-state index is 2.55. The first-order valence-electron chi connectivity index (χ1n) is 20.9. The van der Waals surface area contributed by atoms with Crippen LogP contribution in [0.25, 0.3) is 0 Å². The van der Waals surface area contributed by atoms with Crippen LogP contribution in [0.5, 0.6) is 0 Å². The quantitative estimate of drug-likeness (QED) is 0.0524. The van der Waals surface area contributed by atoms with Gasteiger partial charge in [0.15, 0.2) is 0 Å². The SMILES string of the molecule is CCCCCCCCCCCCCCCCCCCn1cc[n+](CCCCCCCCCCCCCCCCCC)c1CC. The van der Waals surface area contributed by atoms with Crippen molar-refractivity contribution >= 4 is 0 Å². The van der Waals surface area contributed by atoms with Crippen LogP contribution in [0.4, 0.5) is 0 Å². The summed E-state index contributed by atoms with van der Waals surface area (Å²) in [6.45, 7) is 9.39. The first-order valence-corrected chi connectivity index (χ1v) is 20.9. The van der Waals surface area contributed by atoms with E-state index in [0.29, 0.717) is 0 Å². The Morgan fingerprint density at radius 1 is 0.386 bits per heavy atom. The van der Waals surface area contributed by atoms with Gasteiger partial charge >= 0.3 is 0 Å². The number of aryl methyl sites for hydroxylation is 2. The monoisotopic (exact) mass is 616 g/mol. The van der Waals surface area contributed by atoms with E-state index in [1.807, 2.05) is 0 Å². The van der Waals surface area contributed by atoms with Gasteiger partial charge in [-0.2, -0.15) is 0 Å². The molecule has 0 spiro atoms. The first kappa shape index (κ1) is 41.2. The van der Waals surface area contributed by atoms with Crippen molar-refractivity contribution in [3.63, 3.8) is 0 Å². The Kier molecular flexibility index (Phi) is 31.5. The summed E-state index contributed by atoms with van der Waals surface area (Å²) in [4.78, 5) is 0. The zero-order chi connectivity index (χ0) is 31.6. The van der Waals surface area contributed by atoms with E-state index in [2.05, 4.69) is 42.3 Å². The Labute approximate surface area is 279 Å². The molecule has 0 amide bonds. The molecule has 0 fully saturated rings. The summed E-state index contributed by atoms with van der Waals surface area (Å²) in [6, 6.07) is 0. The van der Waals surface area contributed by atoms with E-state index in [1.165, 1.54) is 225 Å². The maximum Gasteiger partial charge on any atom is 0.256 e. The number of hydrogen-bond acceptors (Lipinski definition) is 0. The highest BCUT2D eigenvalue weighted by molar-refractivity contribution is 4.83. The van der Waals surface area contributed by atoms with Crippen LogP contribution in [0.15, 0.2) is 12.4 Å². The molecule has 0 aliphatic rings. The maximum absolute atomic E-state index is 2.55. The third-order valence-electron chi connectivity index (χ3n) is 10.2. The normalized spacial score (nSPS) is 11.6. The molecule has 1 rings (SSSR count). The van der Waals surface area contributed by atoms with Gasteiger partial charge in [0, 0.05) is 6.42 Å². The summed E-state index contributed by atoms with van der Waals surface area (Å²) in [5.41, 5.74) is 0. The molecule has 0 unspecified atom stereocenters. The highest BCUT2D eigenvalue weighted by Gasteiger charge is 2.14. The number of aromatic nitrogens is 2. The van der Waals surface area contributed by atoms with Gasteiger partial charge in [-0.3, -0.25) is 0 Å². The van der Waals surface area contributed by atoms with E-state index in [-0.39, 0.29) is 0 Å². The van der Waals surface area contributed by atoms with Crippen molar-refractivity contribution < 1.29 is 4.57 Å². The molecule has 260 valence electrons. The van der Waals surface area contributed by atoms with Gasteiger partial charge in [0.2, 0.25) is 0 Å². The minimum Gasteiger partial charge on any atom is -0.234 e. The Bertz CT molecular complexity index is 677. The van der Waals surface area contributed by atoms with Crippen LogP contribution < -0.4 is 4.57 Å². The molecule has 2 heteroatoms. The van der Waals surface area contributed by atoms with Gasteiger partial charge in [-0.15, -0.1) is 0 Å². The Morgan fingerprint density at radius 3 is 1.00 bits per heavy atom. The fourth-order valence-corrected chi connectivity index (χ4v) is 7.15. The summed E-state index contributed by atoms with van der Waals surface area (Å²) >= 11 is 0. The van der Waals surface area contributed by atoms with E-state index in [1.54, 1.807) is 5.82 Å². The van der Waals surface area contributed by atoms with Gasteiger partial charge in [0.25, 0.3) is 5.82 Å². The molecule has 1 aromatic heterocycles. The largest absolute Gasteiger partial charge is 0.256 e. The zero-order valence-corrected chi connectivity index (χ0v) is 31.0. The van der Waals surface area contributed by atoms with Crippen molar-refractivity contribution in [3.8, 4) is 0 Å². The lowest BCUT2D eigenvalue weighted by Crippen LogP contribution is -2.37. The van der Waals surface area contributed by atoms with E-state index >= 15 is 0 Å². The third kappa shape index (κ3) is 25.4. The number of rotatable bonds is 36. The van der Waals surface area contributed by atoms with E-state index in [0.717, 1.165) is 6.42 Å². The second-order valence-corrected chi connectivity index (χ2v) is 14.4. The molecule has 0 aliphatic heterocycles. The number of unbranched alkanes of at least 4 members (excludes halogenated alkanes) is 31. The average Bonchev–Trinajstić information content (AvgIpc) is 3.43. The van der Waals surface area contributed by atoms with Crippen molar-refractivity contribution in [1.29, 1.82) is 0 Å². The fraction of sp³-hybridized carbons (Fsp3) is 0.929. The summed E-state index contributed by atoms with van der Waals surface area (Å²) in [6.07, 6.45) is 53.6. The van der Waals surface area contributed by atoms with E-state index < -0.39 is 0 Å². The minimum atomic E-state index is 1.16. The second kappa shape index (κ2) is 33.6. The molecule has 0 saturated heterocycles. The summed E-state index contributed by atoms with van der Waals surface area (Å²) in [5.74, 6) is 1.54. The summed E-state index contributed by atoms with van der Waals surface area (Å²) in [5, 5.41) is 0. The van der Waals surface area contributed by atoms with Crippen molar-refractivity contribution in [2.45, 2.75) is 252 Å². The van der Waals surface area contributed by atoms with Gasteiger partial charge in [0.1, 0.15) is 12.4 Å². The van der Waals surface area contributed by atoms with Crippen LogP contribution in [-0.2, 0) is 19.5 Å². The minimum absolute atomic E-state index is 1.16. The second-order valence-electron chi connectivity index (χ2n) is 14.4. The van der Waals surface area contributed by atoms with Gasteiger partial charge in [0.05, 0.1) is 13.1 Å². The molecule has 44 heavy (non-hydrogen) atoms.